The molecule has 1 unspecified atom stereocenters. The molecule has 1 aromatic rings. The van der Waals surface area contributed by atoms with E-state index in [1.807, 2.05) is 50.8 Å². The van der Waals surface area contributed by atoms with E-state index < -0.39 is 11.3 Å². The molecular formula is C17H23NO2. The number of hydrogen-bond acceptors (Lipinski definition) is 2. The summed E-state index contributed by atoms with van der Waals surface area (Å²) in [5, 5.41) is 0. The number of benzene rings is 1. The van der Waals surface area contributed by atoms with Gasteiger partial charge in [0, 0.05) is 0 Å². The van der Waals surface area contributed by atoms with Crippen LogP contribution >= 0.6 is 0 Å². The molecule has 1 aliphatic heterocycles. The van der Waals surface area contributed by atoms with Crippen LogP contribution in [0, 0.1) is 0 Å². The van der Waals surface area contributed by atoms with Crippen molar-refractivity contribution < 1.29 is 9.53 Å². The van der Waals surface area contributed by atoms with Crippen LogP contribution in [0.1, 0.15) is 33.3 Å². The van der Waals surface area contributed by atoms with Gasteiger partial charge < -0.3 is 9.64 Å². The molecule has 0 aromatic heterocycles. The Morgan fingerprint density at radius 2 is 1.90 bits per heavy atom. The first kappa shape index (κ1) is 14.8. The molecule has 3 nitrogen and oxygen atoms in total. The standard InChI is InChI=1S/C17H23NO2/c1-6-15(19)18-14(12-13-10-8-7-9-11-13)16(2,3)20-17(18,4)5/h6-11,14H,1,12H2,2-5H3. The van der Waals surface area contributed by atoms with Crippen molar-refractivity contribution in [1.29, 1.82) is 0 Å². The Morgan fingerprint density at radius 1 is 1.30 bits per heavy atom. The lowest BCUT2D eigenvalue weighted by atomic mass is 9.92. The monoisotopic (exact) mass is 273 g/mol. The van der Waals surface area contributed by atoms with Crippen molar-refractivity contribution in [3.05, 3.63) is 48.6 Å². The number of carbonyl (C=O) groups is 1. The summed E-state index contributed by atoms with van der Waals surface area (Å²) in [5.41, 5.74) is 0.195. The van der Waals surface area contributed by atoms with Crippen LogP contribution < -0.4 is 0 Å². The number of amides is 1. The molecule has 0 bridgehead atoms. The first-order chi connectivity index (χ1) is 9.28. The van der Waals surface area contributed by atoms with Crippen LogP contribution in [0.2, 0.25) is 0 Å². The third-order valence-electron chi connectivity index (χ3n) is 3.89. The minimum Gasteiger partial charge on any atom is -0.348 e. The molecular weight excluding hydrogens is 250 g/mol. The zero-order valence-electron chi connectivity index (χ0n) is 12.7. The van der Waals surface area contributed by atoms with Gasteiger partial charge in [-0.1, -0.05) is 36.9 Å². The average Bonchev–Trinajstić information content (AvgIpc) is 2.55. The fraction of sp³-hybridized carbons (Fsp3) is 0.471. The lowest BCUT2D eigenvalue weighted by Crippen LogP contribution is -2.49. The normalized spacial score (nSPS) is 23.6. The van der Waals surface area contributed by atoms with E-state index in [9.17, 15) is 4.79 Å². The summed E-state index contributed by atoms with van der Waals surface area (Å²) in [5.74, 6) is -0.0819. The highest BCUT2D eigenvalue weighted by Crippen LogP contribution is 2.40. The molecule has 0 N–H and O–H groups in total. The van der Waals surface area contributed by atoms with Gasteiger partial charge in [0.15, 0.2) is 0 Å². The predicted octanol–water partition coefficient (Wildman–Crippen LogP) is 3.16. The maximum Gasteiger partial charge on any atom is 0.248 e. The maximum atomic E-state index is 12.2. The largest absolute Gasteiger partial charge is 0.348 e. The molecule has 1 heterocycles. The highest BCUT2D eigenvalue weighted by molar-refractivity contribution is 5.88. The summed E-state index contributed by atoms with van der Waals surface area (Å²) >= 11 is 0. The maximum absolute atomic E-state index is 12.2. The van der Waals surface area contributed by atoms with E-state index in [1.165, 1.54) is 11.6 Å². The Bertz CT molecular complexity index is 505. The van der Waals surface area contributed by atoms with Crippen molar-refractivity contribution in [2.45, 2.75) is 51.5 Å². The van der Waals surface area contributed by atoms with Gasteiger partial charge in [0.1, 0.15) is 5.72 Å². The molecule has 1 aliphatic rings. The molecule has 108 valence electrons. The van der Waals surface area contributed by atoms with E-state index in [0.29, 0.717) is 0 Å². The van der Waals surface area contributed by atoms with Crippen LogP contribution in [-0.2, 0) is 16.0 Å². The summed E-state index contributed by atoms with van der Waals surface area (Å²) in [6.45, 7) is 11.6. The van der Waals surface area contributed by atoms with Gasteiger partial charge in [0.25, 0.3) is 0 Å². The van der Waals surface area contributed by atoms with Crippen LogP contribution in [0.5, 0.6) is 0 Å². The number of carbonyl (C=O) groups excluding carboxylic acids is 1. The molecule has 3 heteroatoms. The third-order valence-corrected chi connectivity index (χ3v) is 3.89. The summed E-state index contributed by atoms with van der Waals surface area (Å²) in [6.07, 6.45) is 2.14. The Kier molecular flexibility index (Phi) is 3.74. The number of hydrogen-bond donors (Lipinski definition) is 0. The van der Waals surface area contributed by atoms with Crippen molar-refractivity contribution >= 4 is 5.91 Å². The Morgan fingerprint density at radius 3 is 2.45 bits per heavy atom. The van der Waals surface area contributed by atoms with Gasteiger partial charge in [-0.3, -0.25) is 4.79 Å². The average molecular weight is 273 g/mol. The van der Waals surface area contributed by atoms with E-state index >= 15 is 0 Å². The zero-order valence-corrected chi connectivity index (χ0v) is 12.7. The molecule has 1 aromatic carbocycles. The Balaban J connectivity index is 2.35. The molecule has 1 fully saturated rings. The second-order valence-electron chi connectivity index (χ2n) is 6.27. The van der Waals surface area contributed by atoms with Gasteiger partial charge in [-0.05, 0) is 45.8 Å². The molecule has 0 radical (unpaired) electrons. The number of rotatable bonds is 3. The molecule has 1 saturated heterocycles. The Hall–Kier alpha value is -1.61. The van der Waals surface area contributed by atoms with Gasteiger partial charge in [-0.15, -0.1) is 0 Å². The topological polar surface area (TPSA) is 29.5 Å². The molecule has 0 aliphatic carbocycles. The van der Waals surface area contributed by atoms with Gasteiger partial charge in [-0.2, -0.15) is 0 Å². The molecule has 1 atom stereocenters. The van der Waals surface area contributed by atoms with Crippen molar-refractivity contribution in [3.8, 4) is 0 Å². The lowest BCUT2D eigenvalue weighted by molar-refractivity contribution is -0.144. The number of nitrogens with zero attached hydrogens (tertiary/aromatic N) is 1. The number of ether oxygens (including phenoxy) is 1. The minimum atomic E-state index is -0.617. The zero-order chi connectivity index (χ0) is 15.0. The SMILES string of the molecule is C=CC(=O)N1C(Cc2ccccc2)C(C)(C)OC1(C)C. The van der Waals surface area contributed by atoms with E-state index in [-0.39, 0.29) is 11.9 Å². The molecule has 20 heavy (non-hydrogen) atoms. The lowest BCUT2D eigenvalue weighted by Gasteiger charge is -2.33. The fourth-order valence-electron chi connectivity index (χ4n) is 3.14. The van der Waals surface area contributed by atoms with E-state index in [0.717, 1.165) is 6.42 Å². The Labute approximate surface area is 121 Å². The summed E-state index contributed by atoms with van der Waals surface area (Å²) in [6, 6.07) is 10.2. The molecule has 0 spiro atoms. The van der Waals surface area contributed by atoms with Gasteiger partial charge in [0.05, 0.1) is 11.6 Å². The minimum absolute atomic E-state index is 0.00889. The molecule has 2 rings (SSSR count). The smallest absolute Gasteiger partial charge is 0.248 e. The first-order valence-corrected chi connectivity index (χ1v) is 6.98. The van der Waals surface area contributed by atoms with Crippen molar-refractivity contribution in [2.24, 2.45) is 0 Å². The van der Waals surface area contributed by atoms with Gasteiger partial charge >= 0.3 is 0 Å². The first-order valence-electron chi connectivity index (χ1n) is 6.98. The quantitative estimate of drug-likeness (QED) is 0.792. The molecule has 1 amide bonds. The molecule has 0 saturated carbocycles. The highest BCUT2D eigenvalue weighted by atomic mass is 16.6. The van der Waals surface area contributed by atoms with E-state index in [2.05, 4.69) is 18.7 Å². The van der Waals surface area contributed by atoms with Crippen molar-refractivity contribution in [2.75, 3.05) is 0 Å². The van der Waals surface area contributed by atoms with Crippen LogP contribution in [0.4, 0.5) is 0 Å². The van der Waals surface area contributed by atoms with Gasteiger partial charge in [-0.25, -0.2) is 0 Å². The fourth-order valence-corrected chi connectivity index (χ4v) is 3.14. The van der Waals surface area contributed by atoms with Crippen LogP contribution in [0.25, 0.3) is 0 Å². The summed E-state index contributed by atoms with van der Waals surface area (Å²) in [7, 11) is 0. The van der Waals surface area contributed by atoms with E-state index in [4.69, 9.17) is 4.74 Å². The van der Waals surface area contributed by atoms with E-state index in [1.54, 1.807) is 0 Å². The summed E-state index contributed by atoms with van der Waals surface area (Å²) < 4.78 is 6.11. The second-order valence-corrected chi connectivity index (χ2v) is 6.27. The van der Waals surface area contributed by atoms with Crippen molar-refractivity contribution in [1.82, 2.24) is 4.90 Å². The van der Waals surface area contributed by atoms with Gasteiger partial charge in [0.2, 0.25) is 5.91 Å². The van der Waals surface area contributed by atoms with Crippen LogP contribution in [0.15, 0.2) is 43.0 Å². The highest BCUT2D eigenvalue weighted by Gasteiger charge is 2.53. The summed E-state index contributed by atoms with van der Waals surface area (Å²) in [4.78, 5) is 14.1. The van der Waals surface area contributed by atoms with Crippen molar-refractivity contribution in [3.63, 3.8) is 0 Å². The van der Waals surface area contributed by atoms with Crippen LogP contribution in [-0.4, -0.2) is 28.2 Å². The third kappa shape index (κ3) is 2.63. The predicted molar refractivity (Wildman–Crippen MR) is 80.2 cm³/mol. The second kappa shape index (κ2) is 5.06. The van der Waals surface area contributed by atoms with Crippen LogP contribution in [0.3, 0.4) is 0 Å².